The van der Waals surface area contributed by atoms with Crippen molar-refractivity contribution in [3.05, 3.63) is 36.0 Å². The Balaban J connectivity index is 4.36. The Bertz CT molecular complexity index is 185. The zero-order chi connectivity index (χ0) is 7.98. The van der Waals surface area contributed by atoms with Gasteiger partial charge in [0.2, 0.25) is 0 Å². The topological polar surface area (TPSA) is 17.1 Å². The van der Waals surface area contributed by atoms with Crippen molar-refractivity contribution in [3.8, 4) is 0 Å². The van der Waals surface area contributed by atoms with E-state index in [-0.39, 0.29) is 0 Å². The van der Waals surface area contributed by atoms with E-state index in [1.165, 1.54) is 0 Å². The molecule has 0 atom stereocenters. The van der Waals surface area contributed by atoms with Gasteiger partial charge in [-0.1, -0.05) is 24.3 Å². The molecule has 10 heavy (non-hydrogen) atoms. The Morgan fingerprint density at radius 1 is 1.50 bits per heavy atom. The average molecular weight is 136 g/mol. The van der Waals surface area contributed by atoms with Crippen LogP contribution in [0, 0.1) is 0 Å². The maximum absolute atomic E-state index is 10.2. The average Bonchev–Trinajstić information content (AvgIpc) is 1.99. The van der Waals surface area contributed by atoms with E-state index in [0.29, 0.717) is 5.57 Å². The van der Waals surface area contributed by atoms with E-state index < -0.39 is 0 Å². The van der Waals surface area contributed by atoms with Crippen molar-refractivity contribution in [2.45, 2.75) is 13.8 Å². The molecule has 0 saturated carbocycles. The van der Waals surface area contributed by atoms with Crippen molar-refractivity contribution in [1.82, 2.24) is 0 Å². The van der Waals surface area contributed by atoms with Crippen molar-refractivity contribution in [2.24, 2.45) is 0 Å². The number of carbonyl (C=O) groups is 1. The van der Waals surface area contributed by atoms with E-state index >= 15 is 0 Å². The highest BCUT2D eigenvalue weighted by Crippen LogP contribution is 1.99. The lowest BCUT2D eigenvalue weighted by Gasteiger charge is -1.89. The molecular weight excluding hydrogens is 124 g/mol. The second kappa shape index (κ2) is 4.74. The van der Waals surface area contributed by atoms with Gasteiger partial charge in [-0.05, 0) is 19.9 Å². The molecular formula is C9H12O. The molecule has 0 rings (SSSR count). The summed E-state index contributed by atoms with van der Waals surface area (Å²) < 4.78 is 0. The second-order valence-electron chi connectivity index (χ2n) is 2.00. The van der Waals surface area contributed by atoms with Gasteiger partial charge in [0.25, 0.3) is 0 Å². The van der Waals surface area contributed by atoms with Crippen LogP contribution in [0.1, 0.15) is 13.8 Å². The van der Waals surface area contributed by atoms with Crippen LogP contribution in [0.5, 0.6) is 0 Å². The molecule has 0 amide bonds. The molecule has 0 fully saturated rings. The molecule has 0 aliphatic heterocycles. The summed E-state index contributed by atoms with van der Waals surface area (Å²) in [5.41, 5.74) is 1.69. The fraction of sp³-hybridized carbons (Fsp3) is 0.222. The van der Waals surface area contributed by atoms with Crippen LogP contribution in [-0.4, -0.2) is 6.29 Å². The third kappa shape index (κ3) is 3.02. The van der Waals surface area contributed by atoms with E-state index in [4.69, 9.17) is 0 Å². The summed E-state index contributed by atoms with van der Waals surface area (Å²) in [6, 6.07) is 0. The zero-order valence-electron chi connectivity index (χ0n) is 6.42. The molecule has 0 aromatic heterocycles. The van der Waals surface area contributed by atoms with Crippen molar-refractivity contribution in [2.75, 3.05) is 0 Å². The summed E-state index contributed by atoms with van der Waals surface area (Å²) in [4.78, 5) is 10.2. The highest BCUT2D eigenvalue weighted by atomic mass is 16.1. The van der Waals surface area contributed by atoms with Crippen LogP contribution in [0.25, 0.3) is 0 Å². The molecule has 1 nitrogen and oxygen atoms in total. The summed E-state index contributed by atoms with van der Waals surface area (Å²) in [5, 5.41) is 0. The monoisotopic (exact) mass is 136 g/mol. The molecule has 0 N–H and O–H groups in total. The quantitative estimate of drug-likeness (QED) is 0.330. The van der Waals surface area contributed by atoms with E-state index in [9.17, 15) is 4.79 Å². The molecule has 1 heteroatoms. The van der Waals surface area contributed by atoms with Crippen LogP contribution in [-0.2, 0) is 4.79 Å². The first-order valence-electron chi connectivity index (χ1n) is 3.16. The number of hydrogen-bond acceptors (Lipinski definition) is 1. The number of allylic oxidation sites excluding steroid dienone is 5. The van der Waals surface area contributed by atoms with Gasteiger partial charge in [-0.2, -0.15) is 0 Å². The maximum atomic E-state index is 10.2. The van der Waals surface area contributed by atoms with Crippen molar-refractivity contribution >= 4 is 6.29 Å². The molecule has 0 aromatic carbocycles. The van der Waals surface area contributed by atoms with E-state index in [0.717, 1.165) is 11.9 Å². The molecule has 0 spiro atoms. The predicted octanol–water partition coefficient (Wildman–Crippen LogP) is 2.26. The fourth-order valence-electron chi connectivity index (χ4n) is 0.507. The highest BCUT2D eigenvalue weighted by Gasteiger charge is 1.85. The summed E-state index contributed by atoms with van der Waals surface area (Å²) >= 11 is 0. The van der Waals surface area contributed by atoms with Crippen LogP contribution in [0.4, 0.5) is 0 Å². The van der Waals surface area contributed by atoms with Gasteiger partial charge < -0.3 is 0 Å². The number of rotatable bonds is 3. The summed E-state index contributed by atoms with van der Waals surface area (Å²) in [6.07, 6.45) is 6.10. The first kappa shape index (κ1) is 8.89. The SMILES string of the molecule is C=C/C(C)=C\C(C=O)=C/C. The van der Waals surface area contributed by atoms with Crippen LogP contribution >= 0.6 is 0 Å². The van der Waals surface area contributed by atoms with Crippen LogP contribution < -0.4 is 0 Å². The van der Waals surface area contributed by atoms with Gasteiger partial charge >= 0.3 is 0 Å². The largest absolute Gasteiger partial charge is 0.298 e. The minimum Gasteiger partial charge on any atom is -0.298 e. The summed E-state index contributed by atoms with van der Waals surface area (Å²) in [5.74, 6) is 0. The number of carbonyl (C=O) groups excluding carboxylic acids is 1. The standard InChI is InChI=1S/C9H12O/c1-4-8(3)6-9(5-2)7-10/h4-7H,1H2,2-3H3/b8-6-,9-5+. The second-order valence-corrected chi connectivity index (χ2v) is 2.00. The zero-order valence-corrected chi connectivity index (χ0v) is 6.42. The van der Waals surface area contributed by atoms with Crippen molar-refractivity contribution in [1.29, 1.82) is 0 Å². The van der Waals surface area contributed by atoms with Gasteiger partial charge in [-0.25, -0.2) is 0 Å². The molecule has 0 unspecified atom stereocenters. The van der Waals surface area contributed by atoms with Gasteiger partial charge in [0.1, 0.15) is 6.29 Å². The van der Waals surface area contributed by atoms with Crippen molar-refractivity contribution < 1.29 is 4.79 Å². The van der Waals surface area contributed by atoms with E-state index in [1.54, 1.807) is 18.2 Å². The third-order valence-corrected chi connectivity index (χ3v) is 1.19. The smallest absolute Gasteiger partial charge is 0.149 e. The minimum atomic E-state index is 0.692. The molecule has 0 aromatic rings. The predicted molar refractivity (Wildman–Crippen MR) is 43.8 cm³/mol. The third-order valence-electron chi connectivity index (χ3n) is 1.19. The normalized spacial score (nSPS) is 13.0. The minimum absolute atomic E-state index is 0.692. The number of aldehydes is 1. The Morgan fingerprint density at radius 3 is 2.40 bits per heavy atom. The van der Waals surface area contributed by atoms with Crippen LogP contribution in [0.3, 0.4) is 0 Å². The first-order valence-corrected chi connectivity index (χ1v) is 3.16. The van der Waals surface area contributed by atoms with Gasteiger partial charge in [0, 0.05) is 5.57 Å². The Kier molecular flexibility index (Phi) is 4.21. The van der Waals surface area contributed by atoms with Gasteiger partial charge in [0.15, 0.2) is 0 Å². The lowest BCUT2D eigenvalue weighted by atomic mass is 10.2. The highest BCUT2D eigenvalue weighted by molar-refractivity contribution is 5.77. The Hall–Kier alpha value is -1.11. The van der Waals surface area contributed by atoms with Gasteiger partial charge in [-0.3, -0.25) is 4.79 Å². The van der Waals surface area contributed by atoms with E-state index in [1.807, 2.05) is 13.8 Å². The van der Waals surface area contributed by atoms with Gasteiger partial charge in [-0.15, -0.1) is 0 Å². The summed E-state index contributed by atoms with van der Waals surface area (Å²) in [6.45, 7) is 7.30. The molecule has 0 saturated heterocycles. The van der Waals surface area contributed by atoms with Crippen molar-refractivity contribution in [3.63, 3.8) is 0 Å². The summed E-state index contributed by atoms with van der Waals surface area (Å²) in [7, 11) is 0. The van der Waals surface area contributed by atoms with Gasteiger partial charge in [0.05, 0.1) is 0 Å². The lowest BCUT2D eigenvalue weighted by molar-refractivity contribution is -0.104. The van der Waals surface area contributed by atoms with Crippen LogP contribution in [0.15, 0.2) is 36.0 Å². The molecule has 0 heterocycles. The molecule has 0 radical (unpaired) electrons. The lowest BCUT2D eigenvalue weighted by Crippen LogP contribution is -1.78. The molecule has 0 bridgehead atoms. The van der Waals surface area contributed by atoms with E-state index in [2.05, 4.69) is 6.58 Å². The van der Waals surface area contributed by atoms with Crippen LogP contribution in [0.2, 0.25) is 0 Å². The Labute approximate surface area is 61.8 Å². The molecule has 0 aliphatic rings. The number of hydrogen-bond donors (Lipinski definition) is 0. The Morgan fingerprint density at radius 2 is 2.10 bits per heavy atom. The maximum Gasteiger partial charge on any atom is 0.149 e. The fourth-order valence-corrected chi connectivity index (χ4v) is 0.507. The molecule has 0 aliphatic carbocycles. The molecule has 54 valence electrons. The first-order chi connectivity index (χ1) is 4.74.